The fraction of sp³-hybridized carbons (Fsp3) is 0.857. The quantitative estimate of drug-likeness (QED) is 0.687. The predicted octanol–water partition coefficient (Wildman–Crippen LogP) is 3.13. The molecule has 0 amide bonds. The van der Waals surface area contributed by atoms with Crippen molar-refractivity contribution in [3.8, 4) is 0 Å². The first kappa shape index (κ1) is 18.2. The van der Waals surface area contributed by atoms with E-state index in [9.17, 15) is 14.7 Å². The molecule has 0 aromatic rings. The molecule has 4 aliphatic carbocycles. The summed E-state index contributed by atoms with van der Waals surface area (Å²) in [5, 5.41) is 11.3. The third-order valence-corrected chi connectivity index (χ3v) is 10.9. The molecule has 5 rings (SSSR count). The number of rotatable bonds is 0. The largest absolute Gasteiger partial charge is 0.476 e. The highest BCUT2D eigenvalue weighted by molar-refractivity contribution is 8.15. The number of nitrogens with zero attached hydrogens (tertiary/aromatic N) is 1. The number of fused-ring (bicyclic) bond motifs is 2. The number of hydrogen-bond donors (Lipinski definition) is 1. The summed E-state index contributed by atoms with van der Waals surface area (Å²) < 4.78 is 5.03. The summed E-state index contributed by atoms with van der Waals surface area (Å²) in [6.07, 6.45) is 5.27. The van der Waals surface area contributed by atoms with Crippen LogP contribution in [0.15, 0.2) is 4.99 Å². The SMILES string of the molecule is COC1=NC23CCC4C5CCC(O)C5(C)CC(=O)C4(S1)C2(C)CCC(=O)C3. The van der Waals surface area contributed by atoms with Gasteiger partial charge in [-0.2, -0.15) is 0 Å². The zero-order chi connectivity index (χ0) is 19.2. The van der Waals surface area contributed by atoms with Crippen LogP contribution in [-0.4, -0.2) is 45.4 Å². The number of carbonyl (C=O) groups is 2. The molecule has 1 N–H and O–H groups in total. The molecule has 0 aromatic heterocycles. The number of methoxy groups -OCH3 is 1. The molecule has 1 aliphatic heterocycles. The summed E-state index contributed by atoms with van der Waals surface area (Å²) in [7, 11) is 1.62. The van der Waals surface area contributed by atoms with E-state index < -0.39 is 10.3 Å². The van der Waals surface area contributed by atoms with Crippen LogP contribution in [0.2, 0.25) is 0 Å². The number of aliphatic imine (C=N–C) groups is 1. The average Bonchev–Trinajstić information content (AvgIpc) is 2.89. The molecule has 4 saturated carbocycles. The number of carbonyl (C=O) groups excluding carboxylic acids is 2. The van der Waals surface area contributed by atoms with Crippen molar-refractivity contribution in [2.45, 2.75) is 81.6 Å². The standard InChI is InChI=1S/C21H29NO4S/c1-18-11-16(25)21-14(13(18)4-5-15(18)24)7-9-20(22-17(26-3)27-21)10-12(23)6-8-19(20,21)2/h13-15,24H,4-11H2,1-3H3. The Morgan fingerprint density at radius 2 is 1.89 bits per heavy atom. The number of thioether (sulfide) groups is 1. The minimum atomic E-state index is -0.576. The third kappa shape index (κ3) is 1.90. The Balaban J connectivity index is 1.72. The van der Waals surface area contributed by atoms with Gasteiger partial charge in [0.25, 0.3) is 0 Å². The fourth-order valence-corrected chi connectivity index (χ4v) is 9.37. The highest BCUT2D eigenvalue weighted by atomic mass is 32.2. The molecule has 0 saturated heterocycles. The minimum Gasteiger partial charge on any atom is -0.476 e. The lowest BCUT2D eigenvalue weighted by Gasteiger charge is -2.69. The van der Waals surface area contributed by atoms with Crippen LogP contribution in [0.4, 0.5) is 0 Å². The first-order valence-electron chi connectivity index (χ1n) is 10.3. The lowest BCUT2D eigenvalue weighted by atomic mass is 9.42. The molecular formula is C21H29NO4S. The van der Waals surface area contributed by atoms with E-state index in [-0.39, 0.29) is 34.4 Å². The summed E-state index contributed by atoms with van der Waals surface area (Å²) >= 11 is 1.54. The van der Waals surface area contributed by atoms with Crippen LogP contribution in [0.5, 0.6) is 0 Å². The van der Waals surface area contributed by atoms with Gasteiger partial charge in [0.05, 0.1) is 23.5 Å². The molecule has 1 heterocycles. The van der Waals surface area contributed by atoms with Gasteiger partial charge in [0.1, 0.15) is 5.78 Å². The van der Waals surface area contributed by atoms with Crippen molar-refractivity contribution in [2.24, 2.45) is 27.7 Å². The summed E-state index contributed by atoms with van der Waals surface area (Å²) in [6.45, 7) is 4.34. The second-order valence-electron chi connectivity index (χ2n) is 9.95. The smallest absolute Gasteiger partial charge is 0.247 e. The molecule has 2 bridgehead atoms. The van der Waals surface area contributed by atoms with E-state index in [1.165, 1.54) is 0 Å². The number of ketones is 2. The first-order valence-corrected chi connectivity index (χ1v) is 11.1. The van der Waals surface area contributed by atoms with Crippen molar-refractivity contribution in [2.75, 3.05) is 7.11 Å². The second-order valence-corrected chi connectivity index (χ2v) is 11.1. The van der Waals surface area contributed by atoms with Crippen molar-refractivity contribution in [3.63, 3.8) is 0 Å². The minimum absolute atomic E-state index is 0.220. The van der Waals surface area contributed by atoms with Crippen LogP contribution < -0.4 is 0 Å². The Morgan fingerprint density at radius 1 is 1.11 bits per heavy atom. The van der Waals surface area contributed by atoms with Gasteiger partial charge in [-0.1, -0.05) is 25.6 Å². The Morgan fingerprint density at radius 3 is 2.63 bits per heavy atom. The molecule has 7 atom stereocenters. The van der Waals surface area contributed by atoms with Crippen LogP contribution in [0, 0.1) is 22.7 Å². The summed E-state index contributed by atoms with van der Waals surface area (Å²) in [6, 6.07) is 0. The van der Waals surface area contributed by atoms with E-state index in [1.54, 1.807) is 18.9 Å². The summed E-state index contributed by atoms with van der Waals surface area (Å²) in [4.78, 5) is 31.3. The maximum absolute atomic E-state index is 13.9. The Hall–Kier alpha value is -0.880. The second kappa shape index (κ2) is 5.38. The normalized spacial score (nSPS) is 53.9. The van der Waals surface area contributed by atoms with E-state index in [4.69, 9.17) is 9.73 Å². The highest BCUT2D eigenvalue weighted by Gasteiger charge is 2.77. The summed E-state index contributed by atoms with van der Waals surface area (Å²) in [5.41, 5.74) is -1.14. The zero-order valence-electron chi connectivity index (χ0n) is 16.4. The number of aliphatic hydroxyl groups excluding tert-OH is 1. The van der Waals surface area contributed by atoms with Crippen molar-refractivity contribution in [3.05, 3.63) is 0 Å². The Kier molecular flexibility index (Phi) is 3.62. The molecule has 148 valence electrons. The van der Waals surface area contributed by atoms with Gasteiger partial charge in [0, 0.05) is 30.1 Å². The monoisotopic (exact) mass is 391 g/mol. The molecule has 0 aromatic carbocycles. The molecule has 5 aliphatic rings. The molecule has 0 radical (unpaired) electrons. The van der Waals surface area contributed by atoms with Crippen LogP contribution in [0.1, 0.15) is 65.2 Å². The van der Waals surface area contributed by atoms with E-state index >= 15 is 0 Å². The van der Waals surface area contributed by atoms with Crippen molar-refractivity contribution < 1.29 is 19.4 Å². The predicted molar refractivity (Wildman–Crippen MR) is 104 cm³/mol. The van der Waals surface area contributed by atoms with Crippen LogP contribution in [0.25, 0.3) is 0 Å². The van der Waals surface area contributed by atoms with Crippen molar-refractivity contribution in [1.82, 2.24) is 0 Å². The first-order chi connectivity index (χ1) is 12.7. The van der Waals surface area contributed by atoms with Gasteiger partial charge >= 0.3 is 0 Å². The van der Waals surface area contributed by atoms with Crippen molar-refractivity contribution >= 4 is 28.6 Å². The number of aliphatic hydroxyl groups is 1. The maximum atomic E-state index is 13.9. The van der Waals surface area contributed by atoms with Crippen LogP contribution >= 0.6 is 11.8 Å². The number of Topliss-reactive ketones (excluding diaryl/α,β-unsaturated/α-hetero) is 2. The van der Waals surface area contributed by atoms with E-state index in [0.29, 0.717) is 30.4 Å². The summed E-state index contributed by atoms with van der Waals surface area (Å²) in [5.74, 6) is 1.08. The van der Waals surface area contributed by atoms with Gasteiger partial charge in [0.15, 0.2) is 5.78 Å². The van der Waals surface area contributed by atoms with Gasteiger partial charge in [-0.3, -0.25) is 9.59 Å². The van der Waals surface area contributed by atoms with Gasteiger partial charge in [-0.15, -0.1) is 0 Å². The molecule has 4 fully saturated rings. The molecule has 27 heavy (non-hydrogen) atoms. The fourth-order valence-electron chi connectivity index (χ4n) is 7.65. The lowest BCUT2D eigenvalue weighted by Crippen LogP contribution is -2.75. The molecule has 5 nitrogen and oxygen atoms in total. The molecular weight excluding hydrogens is 362 g/mol. The number of ether oxygens (including phenoxy) is 1. The Labute approximate surface area is 164 Å². The van der Waals surface area contributed by atoms with Gasteiger partial charge in [-0.05, 0) is 43.9 Å². The molecule has 1 spiro atoms. The van der Waals surface area contributed by atoms with Crippen LogP contribution in [-0.2, 0) is 14.3 Å². The van der Waals surface area contributed by atoms with Gasteiger partial charge < -0.3 is 9.84 Å². The molecule has 7 unspecified atom stereocenters. The van der Waals surface area contributed by atoms with E-state index in [0.717, 1.165) is 32.1 Å². The van der Waals surface area contributed by atoms with Crippen LogP contribution in [0.3, 0.4) is 0 Å². The Bertz CT molecular complexity index is 767. The van der Waals surface area contributed by atoms with Gasteiger partial charge in [-0.25, -0.2) is 4.99 Å². The molecule has 6 heteroatoms. The van der Waals surface area contributed by atoms with E-state index in [1.807, 2.05) is 0 Å². The number of hydrogen-bond acceptors (Lipinski definition) is 6. The highest BCUT2D eigenvalue weighted by Crippen LogP contribution is 2.74. The van der Waals surface area contributed by atoms with E-state index in [2.05, 4.69) is 13.8 Å². The third-order valence-electron chi connectivity index (χ3n) is 9.16. The van der Waals surface area contributed by atoms with Gasteiger partial charge in [0.2, 0.25) is 5.23 Å². The van der Waals surface area contributed by atoms with Crippen molar-refractivity contribution in [1.29, 1.82) is 0 Å². The zero-order valence-corrected chi connectivity index (χ0v) is 17.2. The lowest BCUT2D eigenvalue weighted by molar-refractivity contribution is -0.159. The maximum Gasteiger partial charge on any atom is 0.247 e. The average molecular weight is 392 g/mol. The topological polar surface area (TPSA) is 76.0 Å².